The van der Waals surface area contributed by atoms with Gasteiger partial charge in [-0.15, -0.1) is 0 Å². The molecule has 1 aromatic rings. The van der Waals surface area contributed by atoms with Gasteiger partial charge in [-0.25, -0.2) is 4.79 Å². The van der Waals surface area contributed by atoms with Gasteiger partial charge >= 0.3 is 6.03 Å². The Bertz CT molecular complexity index is 551. The van der Waals surface area contributed by atoms with Crippen LogP contribution < -0.4 is 14.8 Å². The van der Waals surface area contributed by atoms with Gasteiger partial charge in [-0.05, 0) is 24.1 Å². The molecule has 0 unspecified atom stereocenters. The van der Waals surface area contributed by atoms with Crippen molar-refractivity contribution in [1.29, 1.82) is 0 Å². The topological polar surface area (TPSA) is 50.8 Å². The zero-order chi connectivity index (χ0) is 13.5. The lowest BCUT2D eigenvalue weighted by molar-refractivity contribution is 0.174. The Morgan fingerprint density at radius 1 is 1.40 bits per heavy atom. The van der Waals surface area contributed by atoms with Crippen LogP contribution in [0.4, 0.5) is 4.79 Å². The van der Waals surface area contributed by atoms with E-state index >= 15 is 0 Å². The molecule has 1 aromatic carbocycles. The van der Waals surface area contributed by atoms with Crippen LogP contribution >= 0.6 is 11.8 Å². The number of likely N-dealkylation sites (tertiary alicyclic amines) is 1. The van der Waals surface area contributed by atoms with E-state index in [9.17, 15) is 4.79 Å². The molecule has 2 atom stereocenters. The van der Waals surface area contributed by atoms with E-state index in [0.29, 0.717) is 17.8 Å². The first kappa shape index (κ1) is 12.2. The van der Waals surface area contributed by atoms with Crippen LogP contribution in [-0.2, 0) is 6.54 Å². The normalized spacial score (nSPS) is 26.1. The molecule has 2 amide bonds. The van der Waals surface area contributed by atoms with E-state index in [1.807, 2.05) is 34.9 Å². The maximum Gasteiger partial charge on any atom is 0.317 e. The lowest BCUT2D eigenvalue weighted by Crippen LogP contribution is -2.45. The largest absolute Gasteiger partial charge is 0.454 e. The van der Waals surface area contributed by atoms with E-state index < -0.39 is 0 Å². The highest BCUT2D eigenvalue weighted by Gasteiger charge is 2.40. The van der Waals surface area contributed by atoms with E-state index in [1.54, 1.807) is 0 Å². The molecule has 6 heteroatoms. The number of amides is 2. The molecule has 5 nitrogen and oxygen atoms in total. The van der Waals surface area contributed by atoms with Crippen molar-refractivity contribution in [2.75, 3.05) is 19.1 Å². The van der Waals surface area contributed by atoms with Crippen molar-refractivity contribution in [2.24, 2.45) is 0 Å². The second kappa shape index (κ2) is 4.77. The lowest BCUT2D eigenvalue weighted by Gasteiger charge is -2.26. The molecular weight excluding hydrogens is 276 g/mol. The van der Waals surface area contributed by atoms with Gasteiger partial charge < -0.3 is 19.7 Å². The molecule has 0 radical (unpaired) electrons. The molecule has 20 heavy (non-hydrogen) atoms. The number of rotatable bonds is 2. The summed E-state index contributed by atoms with van der Waals surface area (Å²) in [7, 11) is 0. The fourth-order valence-corrected chi connectivity index (χ4v) is 4.41. The van der Waals surface area contributed by atoms with Gasteiger partial charge in [0.25, 0.3) is 0 Å². The van der Waals surface area contributed by atoms with Crippen LogP contribution in [0.5, 0.6) is 11.5 Å². The second-order valence-corrected chi connectivity index (χ2v) is 6.68. The van der Waals surface area contributed by atoms with Gasteiger partial charge in [-0.3, -0.25) is 0 Å². The molecule has 4 rings (SSSR count). The van der Waals surface area contributed by atoms with Gasteiger partial charge in [-0.1, -0.05) is 6.07 Å². The highest BCUT2D eigenvalue weighted by molar-refractivity contribution is 8.00. The van der Waals surface area contributed by atoms with Crippen molar-refractivity contribution in [3.63, 3.8) is 0 Å². The number of hydrogen-bond donors (Lipinski definition) is 1. The Morgan fingerprint density at radius 2 is 2.30 bits per heavy atom. The first-order valence-corrected chi connectivity index (χ1v) is 7.89. The molecule has 3 aliphatic heterocycles. The van der Waals surface area contributed by atoms with Gasteiger partial charge in [0.2, 0.25) is 6.79 Å². The summed E-state index contributed by atoms with van der Waals surface area (Å²) in [6.07, 6.45) is 1.15. The number of benzene rings is 1. The molecular formula is C14H16N2O3S. The highest BCUT2D eigenvalue weighted by Crippen LogP contribution is 2.37. The summed E-state index contributed by atoms with van der Waals surface area (Å²) in [6, 6.07) is 6.25. The van der Waals surface area contributed by atoms with Crippen LogP contribution in [0, 0.1) is 0 Å². The predicted octanol–water partition coefficient (Wildman–Crippen LogP) is 1.81. The standard InChI is InChI=1S/C14H16N2O3S/c17-14(16-6-11-4-10(16)7-20-11)15-5-9-1-2-12-13(3-9)19-8-18-12/h1-3,10-11H,4-8H2,(H,15,17)/t10-,11+/m0/s1. The third-order valence-corrected chi connectivity index (χ3v) is 5.43. The number of nitrogens with zero attached hydrogens (tertiary/aromatic N) is 1. The number of ether oxygens (including phenoxy) is 2. The maximum absolute atomic E-state index is 12.2. The van der Waals surface area contributed by atoms with E-state index in [4.69, 9.17) is 9.47 Å². The number of nitrogens with one attached hydrogen (secondary N) is 1. The van der Waals surface area contributed by atoms with Crippen molar-refractivity contribution < 1.29 is 14.3 Å². The van der Waals surface area contributed by atoms with Crippen molar-refractivity contribution in [2.45, 2.75) is 24.3 Å². The maximum atomic E-state index is 12.2. The molecule has 3 aliphatic rings. The van der Waals surface area contributed by atoms with Gasteiger partial charge in [0.15, 0.2) is 11.5 Å². The van der Waals surface area contributed by atoms with Crippen LogP contribution in [0.25, 0.3) is 0 Å². The fourth-order valence-electron chi connectivity index (χ4n) is 2.98. The monoisotopic (exact) mass is 292 g/mol. The summed E-state index contributed by atoms with van der Waals surface area (Å²) in [6.45, 7) is 1.69. The molecule has 3 heterocycles. The Balaban J connectivity index is 1.37. The minimum Gasteiger partial charge on any atom is -0.454 e. The van der Waals surface area contributed by atoms with Crippen LogP contribution in [0.3, 0.4) is 0 Å². The van der Waals surface area contributed by atoms with Crippen LogP contribution in [0.1, 0.15) is 12.0 Å². The molecule has 0 aliphatic carbocycles. The summed E-state index contributed by atoms with van der Waals surface area (Å²) in [5, 5.41) is 3.65. The molecule has 1 N–H and O–H groups in total. The van der Waals surface area contributed by atoms with Crippen LogP contribution in [0.15, 0.2) is 18.2 Å². The summed E-state index contributed by atoms with van der Waals surface area (Å²) in [5.74, 6) is 2.62. The Labute approximate surface area is 121 Å². The number of hydrogen-bond acceptors (Lipinski definition) is 4. The zero-order valence-corrected chi connectivity index (χ0v) is 11.8. The highest BCUT2D eigenvalue weighted by atomic mass is 32.2. The van der Waals surface area contributed by atoms with E-state index in [2.05, 4.69) is 5.32 Å². The minimum atomic E-state index is 0.0514. The fraction of sp³-hybridized carbons (Fsp3) is 0.500. The molecule has 2 bridgehead atoms. The number of carbonyl (C=O) groups is 1. The summed E-state index contributed by atoms with van der Waals surface area (Å²) >= 11 is 1.99. The summed E-state index contributed by atoms with van der Waals surface area (Å²) < 4.78 is 10.6. The summed E-state index contributed by atoms with van der Waals surface area (Å²) in [5.41, 5.74) is 1.03. The molecule has 106 valence electrons. The van der Waals surface area contributed by atoms with Crippen LogP contribution in [0.2, 0.25) is 0 Å². The molecule has 0 spiro atoms. The average Bonchev–Trinajstić information content (AvgIpc) is 3.19. The smallest absolute Gasteiger partial charge is 0.317 e. The SMILES string of the molecule is O=C(NCc1ccc2c(c1)OCO2)N1C[C@H]2C[C@H]1CS2. The second-order valence-electron chi connectivity index (χ2n) is 5.34. The number of fused-ring (bicyclic) bond motifs is 3. The third kappa shape index (κ3) is 2.08. The molecule has 0 saturated carbocycles. The lowest BCUT2D eigenvalue weighted by atomic mass is 10.2. The van der Waals surface area contributed by atoms with Crippen molar-refractivity contribution in [3.8, 4) is 11.5 Å². The van der Waals surface area contributed by atoms with Crippen molar-refractivity contribution >= 4 is 17.8 Å². The minimum absolute atomic E-state index is 0.0514. The van der Waals surface area contributed by atoms with E-state index in [0.717, 1.165) is 35.8 Å². The quantitative estimate of drug-likeness (QED) is 0.903. The Morgan fingerprint density at radius 3 is 3.10 bits per heavy atom. The zero-order valence-electron chi connectivity index (χ0n) is 11.0. The Kier molecular flexibility index (Phi) is 2.91. The number of carbonyl (C=O) groups excluding carboxylic acids is 1. The molecule has 0 aromatic heterocycles. The van der Waals surface area contributed by atoms with Gasteiger partial charge in [0.05, 0.1) is 0 Å². The van der Waals surface area contributed by atoms with Gasteiger partial charge in [0.1, 0.15) is 0 Å². The predicted molar refractivity (Wildman–Crippen MR) is 76.2 cm³/mol. The van der Waals surface area contributed by atoms with Gasteiger partial charge in [-0.2, -0.15) is 11.8 Å². The summed E-state index contributed by atoms with van der Waals surface area (Å²) in [4.78, 5) is 14.2. The molecule has 2 saturated heterocycles. The number of urea groups is 1. The first-order valence-electron chi connectivity index (χ1n) is 6.84. The third-order valence-electron chi connectivity index (χ3n) is 4.04. The van der Waals surface area contributed by atoms with Crippen molar-refractivity contribution in [1.82, 2.24) is 10.2 Å². The van der Waals surface area contributed by atoms with Gasteiger partial charge in [0, 0.05) is 30.1 Å². The van der Waals surface area contributed by atoms with E-state index in [-0.39, 0.29) is 12.8 Å². The molecule has 2 fully saturated rings. The van der Waals surface area contributed by atoms with Crippen LogP contribution in [-0.4, -0.2) is 41.3 Å². The van der Waals surface area contributed by atoms with Crippen molar-refractivity contribution in [3.05, 3.63) is 23.8 Å². The average molecular weight is 292 g/mol. The van der Waals surface area contributed by atoms with E-state index in [1.165, 1.54) is 0 Å². The first-order chi connectivity index (χ1) is 9.79. The number of thioether (sulfide) groups is 1. The Hall–Kier alpha value is -1.56.